The number of hydrogen-bond donors (Lipinski definition) is 0. The highest BCUT2D eigenvalue weighted by molar-refractivity contribution is 14.1. The first-order valence-electron chi connectivity index (χ1n) is 11.0. The Bertz CT molecular complexity index is 286. The Labute approximate surface area is 174 Å². The summed E-state index contributed by atoms with van der Waals surface area (Å²) in [5.41, 5.74) is 0. The maximum absolute atomic E-state index is 6.25. The van der Waals surface area contributed by atoms with E-state index in [1.54, 1.807) is 0 Å². The van der Waals surface area contributed by atoms with Crippen LogP contribution in [0.5, 0.6) is 0 Å². The van der Waals surface area contributed by atoms with E-state index in [0.29, 0.717) is 5.04 Å². The zero-order chi connectivity index (χ0) is 19.0. The summed E-state index contributed by atoms with van der Waals surface area (Å²) in [7, 11) is -1.51. The van der Waals surface area contributed by atoms with Gasteiger partial charge in [0.05, 0.1) is 0 Å². The predicted octanol–water partition coefficient (Wildman–Crippen LogP) is 8.90. The van der Waals surface area contributed by atoms with Gasteiger partial charge in [-0.05, 0) is 35.4 Å². The molecular formula is C22H47IOSi. The van der Waals surface area contributed by atoms with E-state index < -0.39 is 8.32 Å². The fraction of sp³-hybridized carbons (Fsp3) is 1.00. The van der Waals surface area contributed by atoms with Crippen molar-refractivity contribution in [2.75, 3.05) is 11.0 Å². The van der Waals surface area contributed by atoms with Crippen molar-refractivity contribution in [3.63, 3.8) is 0 Å². The topological polar surface area (TPSA) is 9.23 Å². The number of rotatable bonds is 17. The lowest BCUT2D eigenvalue weighted by molar-refractivity contribution is 0.277. The van der Waals surface area contributed by atoms with Crippen LogP contribution >= 0.6 is 22.6 Å². The largest absolute Gasteiger partial charge is 0.417 e. The second kappa shape index (κ2) is 15.9. The van der Waals surface area contributed by atoms with Crippen LogP contribution in [0.2, 0.25) is 18.1 Å². The second-order valence-electron chi connectivity index (χ2n) is 9.25. The second-order valence-corrected chi connectivity index (χ2v) is 15.1. The van der Waals surface area contributed by atoms with Crippen molar-refractivity contribution < 1.29 is 4.43 Å². The number of unbranched alkanes of at least 4 members (excludes halogenated alkanes) is 13. The highest BCUT2D eigenvalue weighted by Crippen LogP contribution is 2.36. The Morgan fingerprint density at radius 2 is 0.920 bits per heavy atom. The molecule has 0 spiro atoms. The molecule has 0 heterocycles. The number of alkyl halides is 1. The Morgan fingerprint density at radius 1 is 0.600 bits per heavy atom. The molecule has 0 aromatic carbocycles. The smallest absolute Gasteiger partial charge is 0.191 e. The zero-order valence-corrected chi connectivity index (χ0v) is 21.3. The monoisotopic (exact) mass is 482 g/mol. The molecule has 0 rings (SSSR count). The van der Waals surface area contributed by atoms with Crippen molar-refractivity contribution in [3.8, 4) is 0 Å². The van der Waals surface area contributed by atoms with Gasteiger partial charge >= 0.3 is 0 Å². The van der Waals surface area contributed by atoms with E-state index in [1.165, 1.54) is 94.3 Å². The molecule has 0 amide bonds. The van der Waals surface area contributed by atoms with E-state index in [0.717, 1.165) is 6.61 Å². The van der Waals surface area contributed by atoms with E-state index in [-0.39, 0.29) is 0 Å². The third-order valence-electron chi connectivity index (χ3n) is 5.80. The molecule has 0 bridgehead atoms. The summed E-state index contributed by atoms with van der Waals surface area (Å²) < 4.78 is 7.58. The summed E-state index contributed by atoms with van der Waals surface area (Å²) >= 11 is 2.49. The van der Waals surface area contributed by atoms with Gasteiger partial charge in [-0.2, -0.15) is 0 Å². The van der Waals surface area contributed by atoms with Gasteiger partial charge in [-0.3, -0.25) is 0 Å². The van der Waals surface area contributed by atoms with Gasteiger partial charge in [0.2, 0.25) is 0 Å². The molecule has 0 aliphatic rings. The van der Waals surface area contributed by atoms with Gasteiger partial charge < -0.3 is 4.43 Å². The molecule has 0 fully saturated rings. The Hall–Kier alpha value is 0.907. The molecule has 0 atom stereocenters. The average molecular weight is 483 g/mol. The van der Waals surface area contributed by atoms with Crippen molar-refractivity contribution in [2.24, 2.45) is 0 Å². The van der Waals surface area contributed by atoms with Crippen LogP contribution in [0.15, 0.2) is 0 Å². The van der Waals surface area contributed by atoms with Crippen LogP contribution in [0.3, 0.4) is 0 Å². The average Bonchev–Trinajstić information content (AvgIpc) is 2.53. The predicted molar refractivity (Wildman–Crippen MR) is 127 cm³/mol. The quantitative estimate of drug-likeness (QED) is 0.0870. The minimum atomic E-state index is -1.51. The minimum absolute atomic E-state index is 0.349. The Balaban J connectivity index is 3.22. The molecule has 0 saturated heterocycles. The molecule has 0 unspecified atom stereocenters. The van der Waals surface area contributed by atoms with Gasteiger partial charge in [0.15, 0.2) is 8.32 Å². The lowest BCUT2D eigenvalue weighted by Gasteiger charge is -2.36. The molecular weight excluding hydrogens is 435 g/mol. The van der Waals surface area contributed by atoms with Crippen molar-refractivity contribution in [2.45, 2.75) is 129 Å². The lowest BCUT2D eigenvalue weighted by atomic mass is 10.0. The van der Waals surface area contributed by atoms with Gasteiger partial charge in [0.1, 0.15) is 0 Å². The molecule has 0 aliphatic carbocycles. The summed E-state index contributed by atoms with van der Waals surface area (Å²) in [6.07, 6.45) is 20.0. The van der Waals surface area contributed by atoms with E-state index in [2.05, 4.69) is 56.5 Å². The molecule has 0 saturated carbocycles. The van der Waals surface area contributed by atoms with Crippen molar-refractivity contribution in [1.82, 2.24) is 0 Å². The third kappa shape index (κ3) is 15.6. The first-order valence-corrected chi connectivity index (χ1v) is 15.4. The molecule has 0 aliphatic heterocycles. The molecule has 0 N–H and O–H groups in total. The van der Waals surface area contributed by atoms with Gasteiger partial charge in [-0.25, -0.2) is 0 Å². The number of hydrogen-bond acceptors (Lipinski definition) is 1. The van der Waals surface area contributed by atoms with Crippen molar-refractivity contribution in [1.29, 1.82) is 0 Å². The fourth-order valence-electron chi connectivity index (χ4n) is 2.86. The van der Waals surface area contributed by atoms with Crippen LogP contribution < -0.4 is 0 Å². The summed E-state index contributed by atoms with van der Waals surface area (Å²) in [6.45, 7) is 12.7. The SMILES string of the molecule is CC(C)(C)[Si](C)(C)OCCCCCCCCCCCCCCCCI. The summed E-state index contributed by atoms with van der Waals surface area (Å²) in [5.74, 6) is 0. The first-order chi connectivity index (χ1) is 11.8. The van der Waals surface area contributed by atoms with E-state index in [4.69, 9.17) is 4.43 Å². The van der Waals surface area contributed by atoms with Crippen LogP contribution in [-0.2, 0) is 4.43 Å². The molecule has 1 nitrogen and oxygen atoms in total. The maximum Gasteiger partial charge on any atom is 0.191 e. The molecule has 0 aromatic rings. The van der Waals surface area contributed by atoms with Gasteiger partial charge in [-0.1, -0.05) is 120 Å². The van der Waals surface area contributed by atoms with E-state index in [9.17, 15) is 0 Å². The Kier molecular flexibility index (Phi) is 16.5. The van der Waals surface area contributed by atoms with E-state index >= 15 is 0 Å². The lowest BCUT2D eigenvalue weighted by Crippen LogP contribution is -2.40. The van der Waals surface area contributed by atoms with Crippen LogP contribution in [0, 0.1) is 0 Å². The van der Waals surface area contributed by atoms with Gasteiger partial charge in [0, 0.05) is 6.61 Å². The van der Waals surface area contributed by atoms with Crippen molar-refractivity contribution >= 4 is 30.9 Å². The third-order valence-corrected chi connectivity index (χ3v) is 11.1. The van der Waals surface area contributed by atoms with Gasteiger partial charge in [-0.15, -0.1) is 0 Å². The van der Waals surface area contributed by atoms with E-state index in [1.807, 2.05) is 0 Å². The summed E-state index contributed by atoms with van der Waals surface area (Å²) in [5, 5.41) is 0.349. The minimum Gasteiger partial charge on any atom is -0.417 e. The molecule has 152 valence electrons. The maximum atomic E-state index is 6.25. The Morgan fingerprint density at radius 3 is 1.24 bits per heavy atom. The molecule has 3 heteroatoms. The normalized spacial score (nSPS) is 12.7. The summed E-state index contributed by atoms with van der Waals surface area (Å²) in [4.78, 5) is 0. The van der Waals surface area contributed by atoms with Crippen LogP contribution in [0.25, 0.3) is 0 Å². The summed E-state index contributed by atoms with van der Waals surface area (Å²) in [6, 6.07) is 0. The fourth-order valence-corrected chi connectivity index (χ4v) is 4.49. The van der Waals surface area contributed by atoms with Crippen LogP contribution in [0.4, 0.5) is 0 Å². The number of halogens is 1. The van der Waals surface area contributed by atoms with Crippen molar-refractivity contribution in [3.05, 3.63) is 0 Å². The molecule has 0 radical (unpaired) electrons. The first kappa shape index (κ1) is 25.9. The standard InChI is InChI=1S/C22H47IOSi/c1-22(2,3)25(4,5)24-21-19-17-15-13-11-9-7-6-8-10-12-14-16-18-20-23/h6-21H2,1-5H3. The van der Waals surface area contributed by atoms with Crippen LogP contribution in [-0.4, -0.2) is 19.4 Å². The zero-order valence-electron chi connectivity index (χ0n) is 18.1. The molecule has 0 aromatic heterocycles. The van der Waals surface area contributed by atoms with Crippen LogP contribution in [0.1, 0.15) is 111 Å². The highest BCUT2D eigenvalue weighted by Gasteiger charge is 2.36. The molecule has 25 heavy (non-hydrogen) atoms. The van der Waals surface area contributed by atoms with Gasteiger partial charge in [0.25, 0.3) is 0 Å². The highest BCUT2D eigenvalue weighted by atomic mass is 127.